The van der Waals surface area contributed by atoms with E-state index in [-0.39, 0.29) is 18.2 Å². The van der Waals surface area contributed by atoms with Gasteiger partial charge in [-0.2, -0.15) is 0 Å². The normalized spacial score (nSPS) is 17.5. The molecule has 1 aliphatic rings. The Hall–Kier alpha value is -2.62. The molecule has 1 saturated heterocycles. The second kappa shape index (κ2) is 6.11. The first-order valence-corrected chi connectivity index (χ1v) is 8.14. The van der Waals surface area contributed by atoms with Gasteiger partial charge >= 0.3 is 0 Å². The van der Waals surface area contributed by atoms with Crippen LogP contribution in [-0.2, 0) is 9.59 Å². The van der Waals surface area contributed by atoms with Crippen LogP contribution in [0, 0.1) is 27.7 Å². The Balaban J connectivity index is 1.89. The predicted octanol–water partition coefficient (Wildman–Crippen LogP) is 3.66. The zero-order chi connectivity index (χ0) is 17.4. The first-order valence-electron chi connectivity index (χ1n) is 8.14. The average Bonchev–Trinajstić information content (AvgIpc) is 2.73. The first-order chi connectivity index (χ1) is 11.4. The van der Waals surface area contributed by atoms with Crippen LogP contribution in [0.4, 0.5) is 11.4 Å². The van der Waals surface area contributed by atoms with Crippen LogP contribution in [0.5, 0.6) is 0 Å². The topological polar surface area (TPSA) is 49.4 Å². The lowest BCUT2D eigenvalue weighted by molar-refractivity contribution is -0.121. The van der Waals surface area contributed by atoms with E-state index < -0.39 is 6.04 Å². The maximum Gasteiger partial charge on any atom is 0.256 e. The van der Waals surface area contributed by atoms with Crippen molar-refractivity contribution in [3.05, 3.63) is 58.7 Å². The highest BCUT2D eigenvalue weighted by molar-refractivity contribution is 6.23. The van der Waals surface area contributed by atoms with Crippen LogP contribution in [0.15, 0.2) is 36.4 Å². The molecule has 3 rings (SSSR count). The van der Waals surface area contributed by atoms with Gasteiger partial charge in [0, 0.05) is 5.69 Å². The number of nitrogens with one attached hydrogen (secondary N) is 1. The van der Waals surface area contributed by atoms with Gasteiger partial charge in [-0.05, 0) is 62.1 Å². The van der Waals surface area contributed by atoms with Crippen molar-refractivity contribution >= 4 is 23.2 Å². The van der Waals surface area contributed by atoms with Crippen LogP contribution in [0.1, 0.15) is 28.7 Å². The fourth-order valence-corrected chi connectivity index (χ4v) is 3.40. The van der Waals surface area contributed by atoms with Crippen molar-refractivity contribution in [3.8, 4) is 0 Å². The molecular formula is C20H22N2O2. The quantitative estimate of drug-likeness (QED) is 0.877. The fraction of sp³-hybridized carbons (Fsp3) is 0.300. The molecule has 2 aromatic carbocycles. The molecule has 1 unspecified atom stereocenters. The van der Waals surface area contributed by atoms with Gasteiger partial charge in [-0.1, -0.05) is 24.3 Å². The highest BCUT2D eigenvalue weighted by Gasteiger charge is 2.40. The highest BCUT2D eigenvalue weighted by Crippen LogP contribution is 2.30. The summed E-state index contributed by atoms with van der Waals surface area (Å²) in [5.74, 6) is -0.337. The molecule has 2 aromatic rings. The summed E-state index contributed by atoms with van der Waals surface area (Å²) in [5.41, 5.74) is 5.72. The van der Waals surface area contributed by atoms with Crippen molar-refractivity contribution in [1.82, 2.24) is 0 Å². The van der Waals surface area contributed by atoms with Crippen LogP contribution >= 0.6 is 0 Å². The Labute approximate surface area is 142 Å². The molecule has 0 bridgehead atoms. The summed E-state index contributed by atoms with van der Waals surface area (Å²) in [4.78, 5) is 26.7. The van der Waals surface area contributed by atoms with Crippen LogP contribution in [0.25, 0.3) is 0 Å². The smallest absolute Gasteiger partial charge is 0.256 e. The standard InChI is InChI=1S/C20H22N2O2/c1-12-8-13(2)10-16(9-12)21-17-11-18(23)22(20(17)24)19-14(3)6-5-7-15(19)4/h5-10,17,21H,11H2,1-4H3. The Morgan fingerprint density at radius 3 is 2.12 bits per heavy atom. The third-order valence-electron chi connectivity index (χ3n) is 4.37. The molecule has 0 aromatic heterocycles. The van der Waals surface area contributed by atoms with Crippen LogP contribution in [-0.4, -0.2) is 17.9 Å². The zero-order valence-corrected chi connectivity index (χ0v) is 14.5. The van der Waals surface area contributed by atoms with Crippen molar-refractivity contribution in [3.63, 3.8) is 0 Å². The van der Waals surface area contributed by atoms with E-state index in [1.165, 1.54) is 4.90 Å². The monoisotopic (exact) mass is 322 g/mol. The second-order valence-corrected chi connectivity index (χ2v) is 6.59. The number of aryl methyl sites for hydroxylation is 4. The summed E-state index contributed by atoms with van der Waals surface area (Å²) in [6.45, 7) is 7.88. The van der Waals surface area contributed by atoms with Gasteiger partial charge in [0.15, 0.2) is 0 Å². The number of hydrogen-bond acceptors (Lipinski definition) is 3. The second-order valence-electron chi connectivity index (χ2n) is 6.59. The van der Waals surface area contributed by atoms with Crippen molar-refractivity contribution < 1.29 is 9.59 Å². The first kappa shape index (κ1) is 16.2. The van der Waals surface area contributed by atoms with Gasteiger partial charge in [0.25, 0.3) is 5.91 Å². The van der Waals surface area contributed by atoms with Crippen molar-refractivity contribution in [2.75, 3.05) is 10.2 Å². The van der Waals surface area contributed by atoms with Gasteiger partial charge < -0.3 is 5.32 Å². The van der Waals surface area contributed by atoms with Crippen LogP contribution < -0.4 is 10.2 Å². The Kier molecular flexibility index (Phi) is 4.14. The van der Waals surface area contributed by atoms with Gasteiger partial charge in [0.05, 0.1) is 12.1 Å². The fourth-order valence-electron chi connectivity index (χ4n) is 3.40. The minimum absolute atomic E-state index is 0.153. The van der Waals surface area contributed by atoms with Gasteiger partial charge in [-0.3, -0.25) is 9.59 Å². The number of imide groups is 1. The number of nitrogens with zero attached hydrogens (tertiary/aromatic N) is 1. The third-order valence-corrected chi connectivity index (χ3v) is 4.37. The minimum Gasteiger partial charge on any atom is -0.373 e. The molecule has 1 aliphatic heterocycles. The Morgan fingerprint density at radius 2 is 1.54 bits per heavy atom. The Morgan fingerprint density at radius 1 is 0.958 bits per heavy atom. The van der Waals surface area contributed by atoms with Gasteiger partial charge in [0.2, 0.25) is 5.91 Å². The maximum absolute atomic E-state index is 12.8. The predicted molar refractivity (Wildman–Crippen MR) is 96.4 cm³/mol. The third kappa shape index (κ3) is 2.92. The van der Waals surface area contributed by atoms with E-state index >= 15 is 0 Å². The molecule has 0 saturated carbocycles. The molecule has 4 nitrogen and oxygen atoms in total. The summed E-state index contributed by atoms with van der Waals surface area (Å²) in [6.07, 6.45) is 0.180. The summed E-state index contributed by atoms with van der Waals surface area (Å²) in [5, 5.41) is 3.23. The van der Waals surface area contributed by atoms with E-state index in [1.54, 1.807) is 0 Å². The molecule has 2 amide bonds. The molecule has 0 radical (unpaired) electrons. The average molecular weight is 322 g/mol. The number of hydrogen-bond donors (Lipinski definition) is 1. The molecule has 1 heterocycles. The lowest BCUT2D eigenvalue weighted by atomic mass is 10.1. The molecule has 1 atom stereocenters. The summed E-state index contributed by atoms with van der Waals surface area (Å²) >= 11 is 0. The summed E-state index contributed by atoms with van der Waals surface area (Å²) in [7, 11) is 0. The Bertz CT molecular complexity index is 786. The SMILES string of the molecule is Cc1cc(C)cc(NC2CC(=O)N(c3c(C)cccc3C)C2=O)c1. The number of amides is 2. The van der Waals surface area contributed by atoms with E-state index in [2.05, 4.69) is 11.4 Å². The van der Waals surface area contributed by atoms with Crippen LogP contribution in [0.3, 0.4) is 0 Å². The van der Waals surface area contributed by atoms with E-state index in [0.717, 1.165) is 33.6 Å². The number of rotatable bonds is 3. The minimum atomic E-state index is -0.516. The molecule has 24 heavy (non-hydrogen) atoms. The van der Waals surface area contributed by atoms with Gasteiger partial charge in [-0.15, -0.1) is 0 Å². The number of para-hydroxylation sites is 1. The lowest BCUT2D eigenvalue weighted by Crippen LogP contribution is -2.35. The van der Waals surface area contributed by atoms with E-state index in [9.17, 15) is 9.59 Å². The summed E-state index contributed by atoms with van der Waals surface area (Å²) in [6, 6.07) is 11.3. The van der Waals surface area contributed by atoms with E-state index in [0.29, 0.717) is 0 Å². The van der Waals surface area contributed by atoms with Crippen molar-refractivity contribution in [2.45, 2.75) is 40.2 Å². The van der Waals surface area contributed by atoms with Crippen LogP contribution in [0.2, 0.25) is 0 Å². The van der Waals surface area contributed by atoms with Crippen molar-refractivity contribution in [2.24, 2.45) is 0 Å². The molecule has 1 fully saturated rings. The molecule has 4 heteroatoms. The molecule has 0 aliphatic carbocycles. The van der Waals surface area contributed by atoms with E-state index in [4.69, 9.17) is 0 Å². The highest BCUT2D eigenvalue weighted by atomic mass is 16.2. The molecule has 0 spiro atoms. The number of benzene rings is 2. The number of carbonyl (C=O) groups excluding carboxylic acids is 2. The van der Waals surface area contributed by atoms with Gasteiger partial charge in [0.1, 0.15) is 6.04 Å². The zero-order valence-electron chi connectivity index (χ0n) is 14.5. The van der Waals surface area contributed by atoms with Gasteiger partial charge in [-0.25, -0.2) is 4.90 Å². The van der Waals surface area contributed by atoms with Crippen molar-refractivity contribution in [1.29, 1.82) is 0 Å². The lowest BCUT2D eigenvalue weighted by Gasteiger charge is -2.20. The largest absolute Gasteiger partial charge is 0.373 e. The molecular weight excluding hydrogens is 300 g/mol. The molecule has 1 N–H and O–H groups in total. The number of carbonyl (C=O) groups is 2. The summed E-state index contributed by atoms with van der Waals surface area (Å²) < 4.78 is 0. The maximum atomic E-state index is 12.8. The molecule has 124 valence electrons. The number of anilines is 2. The van der Waals surface area contributed by atoms with E-state index in [1.807, 2.05) is 58.0 Å².